The second-order valence-electron chi connectivity index (χ2n) is 7.28. The molecule has 0 amide bonds. The van der Waals surface area contributed by atoms with Crippen LogP contribution in [0.4, 0.5) is 0 Å². The fourth-order valence-corrected chi connectivity index (χ4v) is 4.40. The predicted molar refractivity (Wildman–Crippen MR) is 120 cm³/mol. The zero-order valence-corrected chi connectivity index (χ0v) is 18.2. The van der Waals surface area contributed by atoms with E-state index in [-0.39, 0.29) is 0 Å². The van der Waals surface area contributed by atoms with E-state index in [1.54, 1.807) is 18.9 Å². The molecule has 0 N–H and O–H groups in total. The van der Waals surface area contributed by atoms with E-state index < -0.39 is 0 Å². The van der Waals surface area contributed by atoms with E-state index in [9.17, 15) is 0 Å². The number of hydrogen-bond donors (Lipinski definition) is 0. The van der Waals surface area contributed by atoms with Crippen LogP contribution in [-0.4, -0.2) is 52.2 Å². The van der Waals surface area contributed by atoms with Crippen molar-refractivity contribution in [3.05, 3.63) is 60.4 Å². The molecule has 0 saturated carbocycles. The summed E-state index contributed by atoms with van der Waals surface area (Å²) in [7, 11) is 1.66. The maximum Gasteiger partial charge on any atom is 0.195 e. The number of hydrogen-bond acceptors (Lipinski definition) is 6. The molecule has 2 aromatic carbocycles. The van der Waals surface area contributed by atoms with Crippen LogP contribution in [0, 0.1) is 0 Å². The number of nitrogens with zero attached hydrogens (tertiary/aromatic N) is 4. The third-order valence-electron chi connectivity index (χ3n) is 5.17. The highest BCUT2D eigenvalue weighted by Crippen LogP contribution is 2.24. The van der Waals surface area contributed by atoms with Crippen LogP contribution in [0.5, 0.6) is 11.5 Å². The molecule has 0 spiro atoms. The molecular weight excluding hydrogens is 396 g/mol. The third kappa shape index (κ3) is 5.34. The molecule has 1 fully saturated rings. The minimum absolute atomic E-state index is 0.597. The molecule has 0 aliphatic carbocycles. The van der Waals surface area contributed by atoms with E-state index in [1.807, 2.05) is 30.3 Å². The number of methoxy groups -OCH3 is 1. The highest BCUT2D eigenvalue weighted by Gasteiger charge is 2.18. The van der Waals surface area contributed by atoms with Gasteiger partial charge < -0.3 is 9.47 Å². The summed E-state index contributed by atoms with van der Waals surface area (Å²) in [6, 6.07) is 18.0. The first-order valence-corrected chi connectivity index (χ1v) is 11.4. The van der Waals surface area contributed by atoms with Crippen LogP contribution in [0.15, 0.2) is 59.8 Å². The van der Waals surface area contributed by atoms with Crippen LogP contribution in [0.3, 0.4) is 0 Å². The predicted octanol–water partition coefficient (Wildman–Crippen LogP) is 4.43. The average molecular weight is 425 g/mol. The first-order valence-electron chi connectivity index (χ1n) is 10.5. The summed E-state index contributed by atoms with van der Waals surface area (Å²) < 4.78 is 13.2. The van der Waals surface area contributed by atoms with Crippen LogP contribution in [0.1, 0.15) is 25.1 Å². The zero-order chi connectivity index (χ0) is 20.6. The Hall–Kier alpha value is -2.51. The molecule has 0 radical (unpaired) electrons. The molecule has 0 bridgehead atoms. The van der Waals surface area contributed by atoms with Crippen molar-refractivity contribution in [2.45, 2.75) is 31.0 Å². The first kappa shape index (κ1) is 20.8. The van der Waals surface area contributed by atoms with E-state index >= 15 is 0 Å². The normalized spacial score (nSPS) is 14.6. The first-order chi connectivity index (χ1) is 14.8. The highest BCUT2D eigenvalue weighted by molar-refractivity contribution is 7.99. The van der Waals surface area contributed by atoms with Gasteiger partial charge in [0.15, 0.2) is 11.0 Å². The monoisotopic (exact) mass is 424 g/mol. The summed E-state index contributed by atoms with van der Waals surface area (Å²) in [4.78, 5) is 2.48. The maximum atomic E-state index is 5.86. The van der Waals surface area contributed by atoms with Crippen LogP contribution >= 0.6 is 11.8 Å². The summed E-state index contributed by atoms with van der Waals surface area (Å²) in [5.74, 6) is 3.46. The van der Waals surface area contributed by atoms with Crippen molar-refractivity contribution < 1.29 is 9.47 Å². The van der Waals surface area contributed by atoms with Crippen LogP contribution in [-0.2, 0) is 6.54 Å². The Balaban J connectivity index is 1.41. The maximum absolute atomic E-state index is 5.86. The van der Waals surface area contributed by atoms with E-state index in [0.717, 1.165) is 53.6 Å². The molecule has 1 aliphatic heterocycles. The van der Waals surface area contributed by atoms with Crippen molar-refractivity contribution in [3.63, 3.8) is 0 Å². The number of rotatable bonds is 9. The average Bonchev–Trinajstić information content (AvgIpc) is 3.20. The summed E-state index contributed by atoms with van der Waals surface area (Å²) >= 11 is 1.67. The van der Waals surface area contributed by atoms with E-state index in [1.165, 1.54) is 19.3 Å². The van der Waals surface area contributed by atoms with Crippen molar-refractivity contribution in [3.8, 4) is 17.2 Å². The third-order valence-corrected chi connectivity index (χ3v) is 6.06. The molecule has 1 saturated heterocycles. The van der Waals surface area contributed by atoms with Gasteiger partial charge in [0.2, 0.25) is 0 Å². The number of ether oxygens (including phenoxy) is 2. The van der Waals surface area contributed by atoms with Crippen molar-refractivity contribution in [1.29, 1.82) is 0 Å². The molecule has 7 heteroatoms. The molecule has 1 aliphatic rings. The van der Waals surface area contributed by atoms with Gasteiger partial charge in [-0.2, -0.15) is 0 Å². The van der Waals surface area contributed by atoms with Gasteiger partial charge in [-0.1, -0.05) is 36.4 Å². The van der Waals surface area contributed by atoms with E-state index in [0.29, 0.717) is 6.61 Å². The summed E-state index contributed by atoms with van der Waals surface area (Å²) in [5.41, 5.74) is 1.10. The number of aromatic nitrogens is 3. The molecule has 1 aromatic heterocycles. The minimum Gasteiger partial charge on any atom is -0.497 e. The number of thioether (sulfide) groups is 1. The fraction of sp³-hybridized carbons (Fsp3) is 0.391. The minimum atomic E-state index is 0.597. The quantitative estimate of drug-likeness (QED) is 0.374. The molecule has 0 atom stereocenters. The molecule has 30 heavy (non-hydrogen) atoms. The van der Waals surface area contributed by atoms with Gasteiger partial charge in [0, 0.05) is 11.4 Å². The van der Waals surface area contributed by atoms with Crippen molar-refractivity contribution in [2.24, 2.45) is 0 Å². The van der Waals surface area contributed by atoms with Gasteiger partial charge in [-0.25, -0.2) is 0 Å². The number of para-hydroxylation sites is 1. The van der Waals surface area contributed by atoms with Crippen LogP contribution in [0.2, 0.25) is 0 Å². The van der Waals surface area contributed by atoms with Gasteiger partial charge in [0.05, 0.1) is 20.3 Å². The summed E-state index contributed by atoms with van der Waals surface area (Å²) in [6.45, 7) is 3.71. The molecule has 158 valence electrons. The Morgan fingerprint density at radius 3 is 2.37 bits per heavy atom. The zero-order valence-electron chi connectivity index (χ0n) is 17.4. The molecule has 4 rings (SSSR count). The number of benzene rings is 2. The molecular formula is C23H28N4O2S. The smallest absolute Gasteiger partial charge is 0.195 e. The lowest BCUT2D eigenvalue weighted by Crippen LogP contribution is -2.30. The van der Waals surface area contributed by atoms with Gasteiger partial charge in [-0.05, 0) is 62.3 Å². The molecule has 2 heterocycles. The Morgan fingerprint density at radius 1 is 0.900 bits per heavy atom. The van der Waals surface area contributed by atoms with Crippen molar-refractivity contribution in [1.82, 2.24) is 19.7 Å². The molecule has 3 aromatic rings. The van der Waals surface area contributed by atoms with Gasteiger partial charge in [0.1, 0.15) is 11.5 Å². The number of likely N-dealkylation sites (tertiary alicyclic amines) is 1. The van der Waals surface area contributed by atoms with Gasteiger partial charge in [-0.15, -0.1) is 10.2 Å². The Morgan fingerprint density at radius 2 is 1.63 bits per heavy atom. The van der Waals surface area contributed by atoms with Gasteiger partial charge in [-0.3, -0.25) is 9.47 Å². The second kappa shape index (κ2) is 10.5. The van der Waals surface area contributed by atoms with Crippen LogP contribution < -0.4 is 9.47 Å². The lowest BCUT2D eigenvalue weighted by atomic mass is 10.1. The van der Waals surface area contributed by atoms with E-state index in [4.69, 9.17) is 9.47 Å². The summed E-state index contributed by atoms with van der Waals surface area (Å²) in [5, 5.41) is 9.95. The Bertz CT molecular complexity index is 909. The number of piperidine rings is 1. The molecule has 0 unspecified atom stereocenters. The molecule has 6 nitrogen and oxygen atoms in total. The van der Waals surface area contributed by atoms with Crippen molar-refractivity contribution >= 4 is 11.8 Å². The topological polar surface area (TPSA) is 52.4 Å². The Kier molecular flexibility index (Phi) is 7.26. The van der Waals surface area contributed by atoms with Gasteiger partial charge >= 0.3 is 0 Å². The standard InChI is InChI=1S/C23H28N4O2S/c1-28-20-10-12-21(13-11-20)29-16-17-30-23-25-24-22(18-26-14-6-3-7-15-26)27(23)19-8-4-2-5-9-19/h2,4-5,8-13H,3,6-7,14-18H2,1H3. The van der Waals surface area contributed by atoms with Crippen molar-refractivity contribution in [2.75, 3.05) is 32.6 Å². The SMILES string of the molecule is COc1ccc(OCCSc2nnc(CN3CCCCC3)n2-c2ccccc2)cc1. The Labute approximate surface area is 182 Å². The van der Waals surface area contributed by atoms with Gasteiger partial charge in [0.25, 0.3) is 0 Å². The van der Waals surface area contributed by atoms with E-state index in [2.05, 4.69) is 43.9 Å². The lowest BCUT2D eigenvalue weighted by molar-refractivity contribution is 0.214. The largest absolute Gasteiger partial charge is 0.497 e. The highest BCUT2D eigenvalue weighted by atomic mass is 32.2. The second-order valence-corrected chi connectivity index (χ2v) is 8.34. The van der Waals surface area contributed by atoms with Crippen LogP contribution in [0.25, 0.3) is 5.69 Å². The lowest BCUT2D eigenvalue weighted by Gasteiger charge is -2.26. The summed E-state index contributed by atoms with van der Waals surface area (Å²) in [6.07, 6.45) is 3.87. The fourth-order valence-electron chi connectivity index (χ4n) is 3.61.